The van der Waals surface area contributed by atoms with Gasteiger partial charge in [0.2, 0.25) is 0 Å². The second-order valence-electron chi connectivity index (χ2n) is 10.8. The smallest absolute Gasteiger partial charge is 0.181 e. The van der Waals surface area contributed by atoms with E-state index >= 15 is 0 Å². The van der Waals surface area contributed by atoms with Gasteiger partial charge in [-0.05, 0) is 79.1 Å². The SMILES string of the molecule is CC(C)(C)S(=O)(=O)C1=C(S(=O)(=O)C(C)(C)C)C2CC1C1=C2[C@@H]2CCCC1C2. The monoisotopic (exact) mass is 412 g/mol. The molecule has 4 atom stereocenters. The Labute approximate surface area is 164 Å². The molecule has 4 aliphatic rings. The molecule has 0 aromatic heterocycles. The molecule has 27 heavy (non-hydrogen) atoms. The molecule has 0 heterocycles. The van der Waals surface area contributed by atoms with E-state index < -0.39 is 29.2 Å². The van der Waals surface area contributed by atoms with Gasteiger partial charge in [-0.1, -0.05) is 17.6 Å². The zero-order valence-electron chi connectivity index (χ0n) is 17.3. The third-order valence-corrected chi connectivity index (χ3v) is 12.7. The van der Waals surface area contributed by atoms with Crippen LogP contribution in [0.1, 0.15) is 73.6 Å². The molecule has 4 bridgehead atoms. The average Bonchev–Trinajstić information content (AvgIpc) is 3.14. The van der Waals surface area contributed by atoms with Gasteiger partial charge < -0.3 is 0 Å². The van der Waals surface area contributed by atoms with Gasteiger partial charge in [-0.3, -0.25) is 0 Å². The Morgan fingerprint density at radius 3 is 1.37 bits per heavy atom. The summed E-state index contributed by atoms with van der Waals surface area (Å²) in [4.78, 5) is 0.502. The molecule has 1 saturated carbocycles. The highest BCUT2D eigenvalue weighted by atomic mass is 32.2. The zero-order chi connectivity index (χ0) is 20.2. The van der Waals surface area contributed by atoms with Crippen molar-refractivity contribution in [1.29, 1.82) is 0 Å². The fourth-order valence-electron chi connectivity index (χ4n) is 5.83. The van der Waals surface area contributed by atoms with Crippen LogP contribution in [0.25, 0.3) is 0 Å². The first-order valence-corrected chi connectivity index (χ1v) is 13.1. The van der Waals surface area contributed by atoms with Crippen molar-refractivity contribution in [3.63, 3.8) is 0 Å². The van der Waals surface area contributed by atoms with Crippen molar-refractivity contribution in [3.8, 4) is 0 Å². The van der Waals surface area contributed by atoms with Gasteiger partial charge in [0.15, 0.2) is 19.7 Å². The van der Waals surface area contributed by atoms with Crippen LogP contribution in [0.15, 0.2) is 21.0 Å². The lowest BCUT2D eigenvalue weighted by Crippen LogP contribution is -2.37. The first kappa shape index (κ1) is 19.7. The molecule has 1 fully saturated rings. The largest absolute Gasteiger partial charge is 0.223 e. The fraction of sp³-hybridized carbons (Fsp3) is 0.810. The van der Waals surface area contributed by atoms with E-state index in [4.69, 9.17) is 0 Å². The molecule has 4 nitrogen and oxygen atoms in total. The quantitative estimate of drug-likeness (QED) is 0.498. The summed E-state index contributed by atoms with van der Waals surface area (Å²) in [5.41, 5.74) is 2.64. The summed E-state index contributed by atoms with van der Waals surface area (Å²) < 4.78 is 52.3. The summed E-state index contributed by atoms with van der Waals surface area (Å²) >= 11 is 0. The predicted molar refractivity (Wildman–Crippen MR) is 108 cm³/mol. The van der Waals surface area contributed by atoms with Crippen LogP contribution in [0.3, 0.4) is 0 Å². The Morgan fingerprint density at radius 2 is 1.04 bits per heavy atom. The second kappa shape index (κ2) is 5.50. The molecule has 0 aromatic carbocycles. The van der Waals surface area contributed by atoms with Gasteiger partial charge in [0.25, 0.3) is 0 Å². The van der Waals surface area contributed by atoms with Gasteiger partial charge in [-0.25, -0.2) is 16.8 Å². The van der Waals surface area contributed by atoms with Gasteiger partial charge >= 0.3 is 0 Å². The third-order valence-electron chi connectivity index (χ3n) is 7.18. The van der Waals surface area contributed by atoms with E-state index in [-0.39, 0.29) is 21.6 Å². The van der Waals surface area contributed by atoms with Crippen molar-refractivity contribution in [2.75, 3.05) is 0 Å². The highest BCUT2D eigenvalue weighted by molar-refractivity contribution is 8.00. The van der Waals surface area contributed by atoms with Gasteiger partial charge in [-0.15, -0.1) is 0 Å². The molecule has 3 unspecified atom stereocenters. The van der Waals surface area contributed by atoms with Crippen molar-refractivity contribution in [3.05, 3.63) is 21.0 Å². The molecule has 0 spiro atoms. The minimum atomic E-state index is -3.70. The summed E-state index contributed by atoms with van der Waals surface area (Å²) in [6.07, 6.45) is 5.19. The molecule has 0 saturated heterocycles. The van der Waals surface area contributed by atoms with E-state index in [1.807, 2.05) is 0 Å². The van der Waals surface area contributed by atoms with Crippen LogP contribution in [-0.2, 0) is 19.7 Å². The molecule has 0 aliphatic heterocycles. The summed E-state index contributed by atoms with van der Waals surface area (Å²) in [7, 11) is -7.40. The zero-order valence-corrected chi connectivity index (χ0v) is 18.9. The Bertz CT molecular complexity index is 890. The van der Waals surface area contributed by atoms with E-state index in [9.17, 15) is 16.8 Å². The maximum absolute atomic E-state index is 13.6. The number of hydrogen-bond donors (Lipinski definition) is 0. The molecule has 4 aliphatic carbocycles. The number of hydrogen-bond acceptors (Lipinski definition) is 4. The fourth-order valence-corrected chi connectivity index (χ4v) is 9.81. The molecule has 0 aromatic rings. The summed E-state index contributed by atoms with van der Waals surface area (Å²) in [6, 6.07) is 0. The average molecular weight is 413 g/mol. The van der Waals surface area contributed by atoms with Crippen LogP contribution in [0.2, 0.25) is 0 Å². The van der Waals surface area contributed by atoms with E-state index in [1.54, 1.807) is 41.5 Å². The van der Waals surface area contributed by atoms with Crippen LogP contribution in [0, 0.1) is 23.7 Å². The van der Waals surface area contributed by atoms with Gasteiger partial charge in [0.1, 0.15) is 0 Å². The molecule has 6 heteroatoms. The number of rotatable bonds is 2. The highest BCUT2D eigenvalue weighted by Gasteiger charge is 2.60. The molecule has 0 radical (unpaired) electrons. The van der Waals surface area contributed by atoms with E-state index in [1.165, 1.54) is 17.6 Å². The molecule has 152 valence electrons. The van der Waals surface area contributed by atoms with Crippen LogP contribution in [0.4, 0.5) is 0 Å². The van der Waals surface area contributed by atoms with Crippen molar-refractivity contribution >= 4 is 19.7 Å². The topological polar surface area (TPSA) is 68.3 Å². The first-order chi connectivity index (χ1) is 12.2. The van der Waals surface area contributed by atoms with Crippen LogP contribution in [0.5, 0.6) is 0 Å². The maximum Gasteiger partial charge on any atom is 0.181 e. The number of fused-ring (bicyclic) bond motifs is 8. The lowest BCUT2D eigenvalue weighted by Gasteiger charge is -2.31. The minimum Gasteiger partial charge on any atom is -0.223 e. The maximum atomic E-state index is 13.6. The van der Waals surface area contributed by atoms with E-state index in [0.717, 1.165) is 19.3 Å². The Kier molecular flexibility index (Phi) is 4.01. The van der Waals surface area contributed by atoms with E-state index in [2.05, 4.69) is 0 Å². The molecule has 0 amide bonds. The Morgan fingerprint density at radius 1 is 0.667 bits per heavy atom. The van der Waals surface area contributed by atoms with Crippen LogP contribution in [-0.4, -0.2) is 26.3 Å². The number of allylic oxidation sites excluding steroid dienone is 4. The van der Waals surface area contributed by atoms with E-state index in [0.29, 0.717) is 18.3 Å². The number of sulfone groups is 2. The summed E-state index contributed by atoms with van der Waals surface area (Å²) in [5, 5.41) is 0. The first-order valence-electron chi connectivity index (χ1n) is 10.2. The van der Waals surface area contributed by atoms with Crippen molar-refractivity contribution in [2.24, 2.45) is 23.7 Å². The lowest BCUT2D eigenvalue weighted by atomic mass is 9.80. The predicted octanol–water partition coefficient (Wildman–Crippen LogP) is 4.39. The Hall–Kier alpha value is -0.620. The molecule has 4 rings (SSSR count). The minimum absolute atomic E-state index is 0.200. The molecular weight excluding hydrogens is 380 g/mol. The van der Waals surface area contributed by atoms with Crippen molar-refractivity contribution in [1.82, 2.24) is 0 Å². The Balaban J connectivity index is 1.98. The van der Waals surface area contributed by atoms with Crippen LogP contribution < -0.4 is 0 Å². The standard InChI is InChI=1S/C21H32O4S2/c1-20(2,3)26(22,23)18-14-11-15(19(18)27(24,25)21(4,5)6)17-13-9-7-8-12(10-13)16(14)17/h12-15H,7-11H2,1-6H3/t12-,13?,14?,15?/m1/s1. The van der Waals surface area contributed by atoms with Gasteiger partial charge in [0, 0.05) is 11.8 Å². The molecular formula is C21H32O4S2. The van der Waals surface area contributed by atoms with Crippen molar-refractivity contribution < 1.29 is 16.8 Å². The lowest BCUT2D eigenvalue weighted by molar-refractivity contribution is 0.341. The molecule has 0 N–H and O–H groups in total. The van der Waals surface area contributed by atoms with Gasteiger partial charge in [-0.2, -0.15) is 0 Å². The van der Waals surface area contributed by atoms with Gasteiger partial charge in [0.05, 0.1) is 19.3 Å². The second-order valence-corrected chi connectivity index (χ2v) is 16.1. The highest BCUT2D eigenvalue weighted by Crippen LogP contribution is 2.66. The van der Waals surface area contributed by atoms with Crippen LogP contribution >= 0.6 is 0 Å². The normalized spacial score (nSPS) is 33.9. The summed E-state index contributed by atoms with van der Waals surface area (Å²) in [6.45, 7) is 10.1. The summed E-state index contributed by atoms with van der Waals surface area (Å²) in [5.74, 6) is 0.541. The van der Waals surface area contributed by atoms with Crippen molar-refractivity contribution in [2.45, 2.75) is 83.1 Å². The third kappa shape index (κ3) is 2.44.